The maximum atomic E-state index is 12.4. The van der Waals surface area contributed by atoms with Crippen molar-refractivity contribution in [1.29, 1.82) is 0 Å². The fourth-order valence-corrected chi connectivity index (χ4v) is 2.29. The first-order valence-electron chi connectivity index (χ1n) is 6.98. The Labute approximate surface area is 128 Å². The minimum Gasteiger partial charge on any atom is -0.482 e. The first-order valence-corrected chi connectivity index (χ1v) is 6.98. The monoisotopic (exact) mass is 296 g/mol. The SMILES string of the molecule is Cc1ccc(C)c(NC(=O)c2ccc3c(c2)NC(=O)CO3)c1. The summed E-state index contributed by atoms with van der Waals surface area (Å²) in [6.45, 7) is 3.91. The van der Waals surface area contributed by atoms with Gasteiger partial charge in [-0.3, -0.25) is 9.59 Å². The lowest BCUT2D eigenvalue weighted by molar-refractivity contribution is -0.118. The molecular formula is C17H16N2O3. The summed E-state index contributed by atoms with van der Waals surface area (Å²) in [5, 5.41) is 5.59. The van der Waals surface area contributed by atoms with Crippen molar-refractivity contribution in [3.63, 3.8) is 0 Å². The number of fused-ring (bicyclic) bond motifs is 1. The summed E-state index contributed by atoms with van der Waals surface area (Å²) in [7, 11) is 0. The van der Waals surface area contributed by atoms with Crippen LogP contribution in [0.3, 0.4) is 0 Å². The van der Waals surface area contributed by atoms with Gasteiger partial charge in [-0.1, -0.05) is 12.1 Å². The molecule has 0 aliphatic carbocycles. The Morgan fingerprint density at radius 1 is 1.18 bits per heavy atom. The minimum absolute atomic E-state index is 0.00102. The third-order valence-corrected chi connectivity index (χ3v) is 3.52. The third kappa shape index (κ3) is 2.79. The molecule has 2 amide bonds. The fourth-order valence-electron chi connectivity index (χ4n) is 2.29. The molecule has 1 heterocycles. The predicted octanol–water partition coefficient (Wildman–Crippen LogP) is 2.89. The molecule has 5 nitrogen and oxygen atoms in total. The van der Waals surface area contributed by atoms with E-state index in [1.54, 1.807) is 18.2 Å². The standard InChI is InChI=1S/C17H16N2O3/c1-10-3-4-11(2)13(7-10)19-17(21)12-5-6-15-14(8-12)18-16(20)9-22-15/h3-8H,9H2,1-2H3,(H,18,20)(H,19,21). The van der Waals surface area contributed by atoms with Crippen LogP contribution in [-0.2, 0) is 4.79 Å². The molecule has 3 rings (SSSR count). The zero-order valence-corrected chi connectivity index (χ0v) is 12.4. The van der Waals surface area contributed by atoms with E-state index in [4.69, 9.17) is 4.74 Å². The van der Waals surface area contributed by atoms with Gasteiger partial charge in [0, 0.05) is 11.3 Å². The molecule has 1 aliphatic heterocycles. The minimum atomic E-state index is -0.226. The zero-order valence-electron chi connectivity index (χ0n) is 12.4. The summed E-state index contributed by atoms with van der Waals surface area (Å²) < 4.78 is 5.28. The van der Waals surface area contributed by atoms with Crippen molar-refractivity contribution in [2.75, 3.05) is 17.2 Å². The average molecular weight is 296 g/mol. The highest BCUT2D eigenvalue weighted by Crippen LogP contribution is 2.29. The molecule has 0 aromatic heterocycles. The number of nitrogens with one attached hydrogen (secondary N) is 2. The van der Waals surface area contributed by atoms with Gasteiger partial charge in [0.25, 0.3) is 11.8 Å². The molecule has 2 aromatic rings. The summed E-state index contributed by atoms with van der Waals surface area (Å²) in [6.07, 6.45) is 0. The number of carbonyl (C=O) groups excluding carboxylic acids is 2. The van der Waals surface area contributed by atoms with Crippen LogP contribution in [0.25, 0.3) is 0 Å². The number of hydrogen-bond donors (Lipinski definition) is 2. The van der Waals surface area contributed by atoms with Crippen LogP contribution in [0, 0.1) is 13.8 Å². The van der Waals surface area contributed by atoms with Crippen molar-refractivity contribution in [3.05, 3.63) is 53.1 Å². The first-order chi connectivity index (χ1) is 10.5. The molecule has 0 saturated carbocycles. The van der Waals surface area contributed by atoms with Crippen molar-refractivity contribution >= 4 is 23.2 Å². The second-order valence-corrected chi connectivity index (χ2v) is 5.32. The number of rotatable bonds is 2. The van der Waals surface area contributed by atoms with E-state index in [0.29, 0.717) is 17.0 Å². The van der Waals surface area contributed by atoms with Gasteiger partial charge in [0.1, 0.15) is 5.75 Å². The van der Waals surface area contributed by atoms with E-state index in [1.807, 2.05) is 32.0 Å². The molecular weight excluding hydrogens is 280 g/mol. The molecule has 0 unspecified atom stereocenters. The summed E-state index contributed by atoms with van der Waals surface area (Å²) in [6, 6.07) is 10.9. The van der Waals surface area contributed by atoms with Crippen molar-refractivity contribution < 1.29 is 14.3 Å². The van der Waals surface area contributed by atoms with Gasteiger partial charge in [-0.25, -0.2) is 0 Å². The second-order valence-electron chi connectivity index (χ2n) is 5.32. The smallest absolute Gasteiger partial charge is 0.262 e. The van der Waals surface area contributed by atoms with Crippen LogP contribution in [0.2, 0.25) is 0 Å². The quantitative estimate of drug-likeness (QED) is 0.895. The van der Waals surface area contributed by atoms with Gasteiger partial charge in [-0.05, 0) is 49.2 Å². The van der Waals surface area contributed by atoms with Crippen molar-refractivity contribution in [3.8, 4) is 5.75 Å². The van der Waals surface area contributed by atoms with E-state index < -0.39 is 0 Å². The molecule has 0 saturated heterocycles. The van der Waals surface area contributed by atoms with E-state index >= 15 is 0 Å². The lowest BCUT2D eigenvalue weighted by Crippen LogP contribution is -2.25. The highest BCUT2D eigenvalue weighted by Gasteiger charge is 2.18. The van der Waals surface area contributed by atoms with Crippen LogP contribution in [0.4, 0.5) is 11.4 Å². The average Bonchev–Trinajstić information content (AvgIpc) is 2.50. The Kier molecular flexibility index (Phi) is 3.55. The van der Waals surface area contributed by atoms with E-state index in [9.17, 15) is 9.59 Å². The lowest BCUT2D eigenvalue weighted by Gasteiger charge is -2.18. The van der Waals surface area contributed by atoms with Crippen LogP contribution in [0.1, 0.15) is 21.5 Å². The fraction of sp³-hybridized carbons (Fsp3) is 0.176. The lowest BCUT2D eigenvalue weighted by atomic mass is 10.1. The molecule has 2 aromatic carbocycles. The summed E-state index contributed by atoms with van der Waals surface area (Å²) in [5.41, 5.74) is 3.83. The predicted molar refractivity (Wildman–Crippen MR) is 84.4 cm³/mol. The maximum absolute atomic E-state index is 12.4. The molecule has 112 valence electrons. The van der Waals surface area contributed by atoms with Gasteiger partial charge in [0.05, 0.1) is 5.69 Å². The molecule has 0 bridgehead atoms. The summed E-state index contributed by atoms with van der Waals surface area (Å²) in [5.74, 6) is 0.124. The van der Waals surface area contributed by atoms with Crippen LogP contribution in [0.15, 0.2) is 36.4 Å². The molecule has 0 radical (unpaired) electrons. The van der Waals surface area contributed by atoms with Crippen LogP contribution in [-0.4, -0.2) is 18.4 Å². The van der Waals surface area contributed by atoms with Gasteiger partial charge in [-0.2, -0.15) is 0 Å². The molecule has 22 heavy (non-hydrogen) atoms. The highest BCUT2D eigenvalue weighted by atomic mass is 16.5. The summed E-state index contributed by atoms with van der Waals surface area (Å²) >= 11 is 0. The first kappa shape index (κ1) is 14.1. The molecule has 1 aliphatic rings. The van der Waals surface area contributed by atoms with E-state index in [-0.39, 0.29) is 18.4 Å². The number of hydrogen-bond acceptors (Lipinski definition) is 3. The number of amides is 2. The van der Waals surface area contributed by atoms with Gasteiger partial charge in [-0.15, -0.1) is 0 Å². The number of benzene rings is 2. The molecule has 0 spiro atoms. The number of aryl methyl sites for hydroxylation is 2. The normalized spacial score (nSPS) is 12.9. The Bertz CT molecular complexity index is 768. The third-order valence-electron chi connectivity index (χ3n) is 3.52. The number of anilines is 2. The molecule has 0 fully saturated rings. The van der Waals surface area contributed by atoms with E-state index in [0.717, 1.165) is 16.8 Å². The van der Waals surface area contributed by atoms with Crippen molar-refractivity contribution in [2.24, 2.45) is 0 Å². The molecule has 0 atom stereocenters. The highest BCUT2D eigenvalue weighted by molar-refractivity contribution is 6.06. The van der Waals surface area contributed by atoms with Crippen molar-refractivity contribution in [2.45, 2.75) is 13.8 Å². The Balaban J connectivity index is 1.85. The summed E-state index contributed by atoms with van der Waals surface area (Å²) in [4.78, 5) is 23.7. The Morgan fingerprint density at radius 2 is 2.00 bits per heavy atom. The molecule has 5 heteroatoms. The van der Waals surface area contributed by atoms with Gasteiger partial charge in [0.15, 0.2) is 6.61 Å². The molecule has 2 N–H and O–H groups in total. The Hall–Kier alpha value is -2.82. The topological polar surface area (TPSA) is 67.4 Å². The number of carbonyl (C=O) groups is 2. The Morgan fingerprint density at radius 3 is 2.82 bits per heavy atom. The second kappa shape index (κ2) is 5.52. The van der Waals surface area contributed by atoms with Gasteiger partial charge < -0.3 is 15.4 Å². The van der Waals surface area contributed by atoms with Crippen LogP contribution in [0.5, 0.6) is 5.75 Å². The van der Waals surface area contributed by atoms with Gasteiger partial charge >= 0.3 is 0 Å². The van der Waals surface area contributed by atoms with Crippen LogP contribution < -0.4 is 15.4 Å². The van der Waals surface area contributed by atoms with Crippen molar-refractivity contribution in [1.82, 2.24) is 0 Å². The van der Waals surface area contributed by atoms with Gasteiger partial charge in [0.2, 0.25) is 0 Å². The zero-order chi connectivity index (χ0) is 15.7. The van der Waals surface area contributed by atoms with E-state index in [2.05, 4.69) is 10.6 Å². The van der Waals surface area contributed by atoms with Crippen LogP contribution >= 0.6 is 0 Å². The van der Waals surface area contributed by atoms with E-state index in [1.165, 1.54) is 0 Å². The maximum Gasteiger partial charge on any atom is 0.262 e. The largest absolute Gasteiger partial charge is 0.482 e. The number of ether oxygens (including phenoxy) is 1.